The van der Waals surface area contributed by atoms with Crippen LogP contribution >= 0.6 is 11.6 Å². The summed E-state index contributed by atoms with van der Waals surface area (Å²) in [4.78, 5) is 25.3. The first-order valence-electron chi connectivity index (χ1n) is 6.92. The average molecular weight is 329 g/mol. The van der Waals surface area contributed by atoms with E-state index in [-0.39, 0.29) is 4.73 Å². The second-order valence-corrected chi connectivity index (χ2v) is 5.57. The molecule has 3 aromatic rings. The van der Waals surface area contributed by atoms with Crippen molar-refractivity contribution in [3.63, 3.8) is 0 Å². The van der Waals surface area contributed by atoms with E-state index in [2.05, 4.69) is 4.98 Å². The third-order valence-electron chi connectivity index (χ3n) is 3.47. The molecule has 0 aliphatic carbocycles. The summed E-state index contributed by atoms with van der Waals surface area (Å²) in [6, 6.07) is 16.5. The molecule has 1 heterocycles. The summed E-state index contributed by atoms with van der Waals surface area (Å²) in [5.41, 5.74) is 1.81. The van der Waals surface area contributed by atoms with Crippen molar-refractivity contribution >= 4 is 11.6 Å². The monoisotopic (exact) mass is 328 g/mol. The van der Waals surface area contributed by atoms with Crippen LogP contribution in [0.3, 0.4) is 0 Å². The van der Waals surface area contributed by atoms with E-state index in [4.69, 9.17) is 16.8 Å². The second-order valence-electron chi connectivity index (χ2n) is 5.13. The molecule has 0 aliphatic rings. The number of rotatable bonds is 3. The van der Waals surface area contributed by atoms with Crippen molar-refractivity contribution in [2.45, 2.75) is 6.42 Å². The Labute approximate surface area is 136 Å². The molecule has 0 atom stereocenters. The van der Waals surface area contributed by atoms with Gasteiger partial charge in [0.05, 0.1) is 0 Å². The summed E-state index contributed by atoms with van der Waals surface area (Å²) in [5.74, 6) is 0. The van der Waals surface area contributed by atoms with Gasteiger partial charge in [-0.3, -0.25) is 4.79 Å². The Morgan fingerprint density at radius 1 is 1.00 bits per heavy atom. The van der Waals surface area contributed by atoms with Gasteiger partial charge in [0.1, 0.15) is 0 Å². The van der Waals surface area contributed by atoms with Gasteiger partial charge in [-0.15, -0.1) is 0 Å². The summed E-state index contributed by atoms with van der Waals surface area (Å²) in [7, 11) is 0. The van der Waals surface area contributed by atoms with Gasteiger partial charge in [0.25, 0.3) is 5.56 Å². The van der Waals surface area contributed by atoms with Crippen LogP contribution in [0.1, 0.15) is 11.3 Å². The Morgan fingerprint density at radius 2 is 1.74 bits per heavy atom. The predicted octanol–water partition coefficient (Wildman–Crippen LogP) is 2.69. The third-order valence-corrected chi connectivity index (χ3v) is 3.72. The van der Waals surface area contributed by atoms with E-state index in [9.17, 15) is 9.59 Å². The van der Waals surface area contributed by atoms with E-state index in [0.717, 1.165) is 16.7 Å². The highest BCUT2D eigenvalue weighted by Gasteiger charge is 2.05. The van der Waals surface area contributed by atoms with Gasteiger partial charge in [0, 0.05) is 23.2 Å². The normalized spacial score (nSPS) is 10.7. The van der Waals surface area contributed by atoms with Gasteiger partial charge >= 0.3 is 5.69 Å². The van der Waals surface area contributed by atoms with Crippen LogP contribution in [0.2, 0.25) is 5.02 Å². The van der Waals surface area contributed by atoms with E-state index < -0.39 is 11.2 Å². The quantitative estimate of drug-likeness (QED) is 0.726. The highest BCUT2D eigenvalue weighted by molar-refractivity contribution is 6.30. The largest absolute Gasteiger partial charge is 0.421 e. The van der Waals surface area contributed by atoms with Gasteiger partial charge in [0.2, 0.25) is 0 Å². The molecule has 0 radical (unpaired) electrons. The molecule has 0 saturated heterocycles. The first kappa shape index (κ1) is 15.1. The van der Waals surface area contributed by atoms with Crippen molar-refractivity contribution in [2.75, 3.05) is 0 Å². The molecule has 2 N–H and O–H groups in total. The maximum atomic E-state index is 11.5. The molecule has 23 heavy (non-hydrogen) atoms. The molecule has 2 aromatic carbocycles. The highest BCUT2D eigenvalue weighted by Crippen LogP contribution is 2.23. The summed E-state index contributed by atoms with van der Waals surface area (Å²) < 4.78 is 0.0492. The van der Waals surface area contributed by atoms with Crippen LogP contribution in [0.5, 0.6) is 0 Å². The molecule has 3 rings (SSSR count). The molecule has 6 heteroatoms. The van der Waals surface area contributed by atoms with Crippen LogP contribution in [0.15, 0.2) is 64.2 Å². The number of aromatic amines is 1. The van der Waals surface area contributed by atoms with Crippen LogP contribution in [-0.2, 0) is 6.42 Å². The Kier molecular flexibility index (Phi) is 4.04. The molecule has 0 aliphatic heterocycles. The number of aromatic nitrogens is 2. The Balaban J connectivity index is 1.93. The van der Waals surface area contributed by atoms with Gasteiger partial charge in [-0.2, -0.15) is 0 Å². The van der Waals surface area contributed by atoms with Crippen molar-refractivity contribution in [2.24, 2.45) is 0 Å². The Hall–Kier alpha value is -2.79. The van der Waals surface area contributed by atoms with E-state index >= 15 is 0 Å². The van der Waals surface area contributed by atoms with E-state index in [0.29, 0.717) is 17.1 Å². The maximum absolute atomic E-state index is 11.5. The highest BCUT2D eigenvalue weighted by atomic mass is 35.5. The molecule has 116 valence electrons. The summed E-state index contributed by atoms with van der Waals surface area (Å²) in [6.07, 6.45) is 0.382. The van der Waals surface area contributed by atoms with Gasteiger partial charge < -0.3 is 10.2 Å². The van der Waals surface area contributed by atoms with Crippen LogP contribution in [0.25, 0.3) is 11.1 Å². The fraction of sp³-hybridized carbons (Fsp3) is 0.0588. The van der Waals surface area contributed by atoms with E-state index in [1.807, 2.05) is 48.5 Å². The summed E-state index contributed by atoms with van der Waals surface area (Å²) in [6.45, 7) is 0. The standard InChI is InChI=1S/C17H13ClN2O3/c18-14-6-4-12(5-7-14)13-3-1-2-11(8-13)9-15-10-16(21)20(23)17(22)19-15/h1-8,10,23H,9H2,(H,19,22). The van der Waals surface area contributed by atoms with Gasteiger partial charge in [0.15, 0.2) is 0 Å². The fourth-order valence-corrected chi connectivity index (χ4v) is 2.48. The molecule has 0 bridgehead atoms. The zero-order valence-electron chi connectivity index (χ0n) is 12.0. The molecule has 0 fully saturated rings. The molecule has 1 aromatic heterocycles. The average Bonchev–Trinajstić information content (AvgIpc) is 2.53. The number of H-pyrrole nitrogens is 1. The molecule has 0 spiro atoms. The molecular formula is C17H13ClN2O3. The number of hydrogen-bond donors (Lipinski definition) is 2. The minimum absolute atomic E-state index is 0.0492. The summed E-state index contributed by atoms with van der Waals surface area (Å²) >= 11 is 5.89. The smallest absolute Gasteiger partial charge is 0.362 e. The lowest BCUT2D eigenvalue weighted by atomic mass is 10.0. The number of halogens is 1. The molecule has 0 saturated carbocycles. The molecule has 0 amide bonds. The van der Waals surface area contributed by atoms with Crippen LogP contribution in [0, 0.1) is 0 Å². The number of nitrogens with one attached hydrogen (secondary N) is 1. The molecule has 5 nitrogen and oxygen atoms in total. The number of benzene rings is 2. The van der Waals surface area contributed by atoms with Gasteiger partial charge in [-0.25, -0.2) is 4.79 Å². The topological polar surface area (TPSA) is 75.1 Å². The number of hydrogen-bond acceptors (Lipinski definition) is 3. The second kappa shape index (κ2) is 6.14. The Morgan fingerprint density at radius 3 is 2.43 bits per heavy atom. The van der Waals surface area contributed by atoms with Crippen LogP contribution < -0.4 is 11.2 Å². The van der Waals surface area contributed by atoms with E-state index in [1.54, 1.807) is 0 Å². The van der Waals surface area contributed by atoms with Crippen LogP contribution in [-0.4, -0.2) is 14.9 Å². The third kappa shape index (κ3) is 3.35. The van der Waals surface area contributed by atoms with Crippen LogP contribution in [0.4, 0.5) is 0 Å². The van der Waals surface area contributed by atoms with Crippen molar-refractivity contribution < 1.29 is 5.21 Å². The minimum Gasteiger partial charge on any atom is -0.421 e. The predicted molar refractivity (Wildman–Crippen MR) is 88.2 cm³/mol. The first-order valence-corrected chi connectivity index (χ1v) is 7.30. The van der Waals surface area contributed by atoms with Crippen molar-refractivity contribution in [3.05, 3.63) is 91.7 Å². The lowest BCUT2D eigenvalue weighted by Gasteiger charge is -2.06. The number of nitrogens with zero attached hydrogens (tertiary/aromatic N) is 1. The SMILES string of the molecule is O=c1cc(Cc2cccc(-c3ccc(Cl)cc3)c2)[nH]c(=O)n1O. The van der Waals surface area contributed by atoms with Crippen molar-refractivity contribution in [1.29, 1.82) is 0 Å². The first-order chi connectivity index (χ1) is 11.0. The van der Waals surface area contributed by atoms with Gasteiger partial charge in [-0.05, 0) is 28.8 Å². The Bertz CT molecular complexity index is 927. The minimum atomic E-state index is -0.846. The maximum Gasteiger partial charge on any atom is 0.362 e. The molecular weight excluding hydrogens is 316 g/mol. The molecule has 0 unspecified atom stereocenters. The lowest BCUT2D eigenvalue weighted by molar-refractivity contribution is 0.160. The van der Waals surface area contributed by atoms with Crippen molar-refractivity contribution in [3.8, 4) is 11.1 Å². The summed E-state index contributed by atoms with van der Waals surface area (Å²) in [5, 5.41) is 9.83. The fourth-order valence-electron chi connectivity index (χ4n) is 2.35. The van der Waals surface area contributed by atoms with Gasteiger partial charge in [-0.1, -0.05) is 52.7 Å². The van der Waals surface area contributed by atoms with Crippen molar-refractivity contribution in [1.82, 2.24) is 9.71 Å². The van der Waals surface area contributed by atoms with E-state index in [1.165, 1.54) is 6.07 Å². The zero-order valence-corrected chi connectivity index (χ0v) is 12.7. The lowest BCUT2D eigenvalue weighted by Crippen LogP contribution is -2.33. The zero-order chi connectivity index (χ0) is 16.4.